The fourth-order valence-corrected chi connectivity index (χ4v) is 4.65. The van der Waals surface area contributed by atoms with E-state index in [0.717, 1.165) is 36.4 Å². The molecule has 4 nitrogen and oxygen atoms in total. The van der Waals surface area contributed by atoms with Crippen LogP contribution < -0.4 is 4.90 Å². The molecule has 1 aliphatic heterocycles. The minimum atomic E-state index is 0.136. The molecule has 1 saturated heterocycles. The summed E-state index contributed by atoms with van der Waals surface area (Å²) < 4.78 is 2.34. The Balaban J connectivity index is 1.72. The van der Waals surface area contributed by atoms with Crippen LogP contribution in [0.2, 0.25) is 0 Å². The number of fused-ring (bicyclic) bond motifs is 1. The Hall–Kier alpha value is -2.62. The van der Waals surface area contributed by atoms with E-state index in [1.54, 1.807) is 0 Å². The summed E-state index contributed by atoms with van der Waals surface area (Å²) in [6.07, 6.45) is 2.79. The summed E-state index contributed by atoms with van der Waals surface area (Å²) >= 11 is 0. The van der Waals surface area contributed by atoms with Gasteiger partial charge in [0.2, 0.25) is 5.91 Å². The molecule has 4 rings (SSSR count). The number of nitrogens with zero attached hydrogens (tertiary/aromatic N) is 3. The minimum Gasteiger partial charge on any atom is -0.328 e. The maximum atomic E-state index is 13.0. The molecule has 0 N–H and O–H groups in total. The third-order valence-corrected chi connectivity index (χ3v) is 5.81. The second-order valence-electron chi connectivity index (χ2n) is 8.12. The maximum Gasteiger partial charge on any atom is 0.227 e. The molecule has 3 aromatic rings. The highest BCUT2D eigenvalue weighted by atomic mass is 16.2. The van der Waals surface area contributed by atoms with Crippen LogP contribution in [0.15, 0.2) is 36.4 Å². The van der Waals surface area contributed by atoms with E-state index in [9.17, 15) is 4.79 Å². The van der Waals surface area contributed by atoms with Gasteiger partial charge in [-0.05, 0) is 50.5 Å². The number of hydrogen-bond donors (Lipinski definition) is 0. The molecule has 0 bridgehead atoms. The molecule has 1 aromatic heterocycles. The van der Waals surface area contributed by atoms with Crippen molar-refractivity contribution in [3.63, 3.8) is 0 Å². The van der Waals surface area contributed by atoms with Gasteiger partial charge in [0.15, 0.2) is 0 Å². The zero-order valence-electron chi connectivity index (χ0n) is 17.3. The van der Waals surface area contributed by atoms with Crippen molar-refractivity contribution in [2.45, 2.75) is 59.4 Å². The minimum absolute atomic E-state index is 0.136. The Bertz CT molecular complexity index is 1010. The highest BCUT2D eigenvalue weighted by Crippen LogP contribution is 2.36. The summed E-state index contributed by atoms with van der Waals surface area (Å²) in [5, 5.41) is 0. The van der Waals surface area contributed by atoms with Crippen molar-refractivity contribution in [3.05, 3.63) is 58.9 Å². The number of imidazole rings is 1. The lowest BCUT2D eigenvalue weighted by Gasteiger charge is -2.22. The Morgan fingerprint density at radius 2 is 1.82 bits per heavy atom. The molecular formula is C24H29N3O. The number of carbonyl (C=O) groups is 1. The summed E-state index contributed by atoms with van der Waals surface area (Å²) in [4.78, 5) is 19.9. The molecule has 0 radical (unpaired) electrons. The molecule has 1 aliphatic rings. The van der Waals surface area contributed by atoms with Crippen molar-refractivity contribution < 1.29 is 4.79 Å². The first-order valence-corrected chi connectivity index (χ1v) is 10.3. The van der Waals surface area contributed by atoms with Crippen molar-refractivity contribution in [2.75, 3.05) is 11.4 Å². The van der Waals surface area contributed by atoms with Gasteiger partial charge in [-0.3, -0.25) is 4.79 Å². The predicted molar refractivity (Wildman–Crippen MR) is 115 cm³/mol. The Morgan fingerprint density at radius 1 is 1.11 bits per heavy atom. The Morgan fingerprint density at radius 3 is 2.54 bits per heavy atom. The third-order valence-electron chi connectivity index (χ3n) is 5.81. The molecule has 1 amide bonds. The molecule has 28 heavy (non-hydrogen) atoms. The van der Waals surface area contributed by atoms with E-state index in [4.69, 9.17) is 4.98 Å². The van der Waals surface area contributed by atoms with Crippen LogP contribution in [-0.2, 0) is 11.3 Å². The van der Waals surface area contributed by atoms with Crippen molar-refractivity contribution in [1.29, 1.82) is 0 Å². The van der Waals surface area contributed by atoms with Crippen LogP contribution in [0.5, 0.6) is 0 Å². The predicted octanol–water partition coefficient (Wildman–Crippen LogP) is 5.28. The van der Waals surface area contributed by atoms with Gasteiger partial charge in [-0.15, -0.1) is 0 Å². The molecule has 0 unspecified atom stereocenters. The summed E-state index contributed by atoms with van der Waals surface area (Å²) in [6, 6.07) is 12.7. The standard InChI is InChI=1S/C24H29N3O/c1-5-6-11-26-21-10-8-7-9-20(21)25-24(26)19-14-22(28)27(15-19)23-17(3)12-16(2)13-18(23)4/h7-10,12-13,19H,5-6,11,14-15H2,1-4H3/t19-/m1/s1. The highest BCUT2D eigenvalue weighted by molar-refractivity contribution is 5.98. The number of unbranched alkanes of at least 4 members (excludes halogenated alkanes) is 1. The normalized spacial score (nSPS) is 17.1. The summed E-state index contributed by atoms with van der Waals surface area (Å²) in [5.74, 6) is 1.40. The van der Waals surface area contributed by atoms with Crippen LogP contribution >= 0.6 is 0 Å². The van der Waals surface area contributed by atoms with E-state index < -0.39 is 0 Å². The van der Waals surface area contributed by atoms with Gasteiger partial charge < -0.3 is 9.47 Å². The molecule has 0 spiro atoms. The Labute approximate surface area is 167 Å². The molecular weight excluding hydrogens is 346 g/mol. The van der Waals surface area contributed by atoms with Gasteiger partial charge in [0.1, 0.15) is 5.82 Å². The zero-order chi connectivity index (χ0) is 19.8. The quantitative estimate of drug-likeness (QED) is 0.608. The van der Waals surface area contributed by atoms with Crippen molar-refractivity contribution in [2.24, 2.45) is 0 Å². The monoisotopic (exact) mass is 375 g/mol. The van der Waals surface area contributed by atoms with Gasteiger partial charge in [0.05, 0.1) is 11.0 Å². The van der Waals surface area contributed by atoms with Gasteiger partial charge in [-0.25, -0.2) is 4.98 Å². The van der Waals surface area contributed by atoms with Gasteiger partial charge in [0.25, 0.3) is 0 Å². The summed E-state index contributed by atoms with van der Waals surface area (Å²) in [6.45, 7) is 10.2. The SMILES string of the molecule is CCCCn1c([C@@H]2CC(=O)N(c3c(C)cc(C)cc3C)C2)nc2ccccc21. The fourth-order valence-electron chi connectivity index (χ4n) is 4.65. The first-order valence-electron chi connectivity index (χ1n) is 10.3. The van der Waals surface area contributed by atoms with Crippen LogP contribution in [0.1, 0.15) is 54.6 Å². The highest BCUT2D eigenvalue weighted by Gasteiger charge is 2.35. The van der Waals surface area contributed by atoms with Gasteiger partial charge in [0, 0.05) is 31.1 Å². The third kappa shape index (κ3) is 3.21. The van der Waals surface area contributed by atoms with Crippen molar-refractivity contribution in [1.82, 2.24) is 9.55 Å². The first-order chi connectivity index (χ1) is 13.5. The van der Waals surface area contributed by atoms with Crippen LogP contribution in [-0.4, -0.2) is 22.0 Å². The summed E-state index contributed by atoms with van der Waals surface area (Å²) in [5.41, 5.74) is 6.87. The number of para-hydroxylation sites is 2. The van der Waals surface area contributed by atoms with Gasteiger partial charge in [-0.2, -0.15) is 0 Å². The molecule has 2 heterocycles. The number of aromatic nitrogens is 2. The molecule has 1 fully saturated rings. The number of carbonyl (C=O) groups excluding carboxylic acids is 1. The average Bonchev–Trinajstić information content (AvgIpc) is 3.20. The van der Waals surface area contributed by atoms with Crippen molar-refractivity contribution in [3.8, 4) is 0 Å². The zero-order valence-corrected chi connectivity index (χ0v) is 17.3. The second kappa shape index (κ2) is 7.42. The molecule has 1 atom stereocenters. The van der Waals surface area contributed by atoms with Crippen molar-refractivity contribution >= 4 is 22.6 Å². The molecule has 0 aliphatic carbocycles. The lowest BCUT2D eigenvalue weighted by molar-refractivity contribution is -0.117. The molecule has 2 aromatic carbocycles. The van der Waals surface area contributed by atoms with E-state index in [-0.39, 0.29) is 11.8 Å². The Kier molecular flexibility index (Phi) is 4.96. The molecule has 0 saturated carbocycles. The van der Waals surface area contributed by atoms with Crippen LogP contribution in [0.4, 0.5) is 5.69 Å². The number of benzene rings is 2. The van der Waals surface area contributed by atoms with E-state index in [2.05, 4.69) is 62.6 Å². The number of aryl methyl sites for hydroxylation is 4. The molecule has 146 valence electrons. The smallest absolute Gasteiger partial charge is 0.227 e. The number of rotatable bonds is 5. The first kappa shape index (κ1) is 18.7. The fraction of sp³-hybridized carbons (Fsp3) is 0.417. The topological polar surface area (TPSA) is 38.1 Å². The summed E-state index contributed by atoms with van der Waals surface area (Å²) in [7, 11) is 0. The van der Waals surface area contributed by atoms with Crippen LogP contribution in [0, 0.1) is 20.8 Å². The van der Waals surface area contributed by atoms with Crippen LogP contribution in [0.3, 0.4) is 0 Å². The number of hydrogen-bond acceptors (Lipinski definition) is 2. The largest absolute Gasteiger partial charge is 0.328 e. The van der Waals surface area contributed by atoms with Gasteiger partial charge >= 0.3 is 0 Å². The number of amides is 1. The lowest BCUT2D eigenvalue weighted by atomic mass is 10.0. The number of anilines is 1. The van der Waals surface area contributed by atoms with Gasteiger partial charge in [-0.1, -0.05) is 43.2 Å². The van der Waals surface area contributed by atoms with E-state index >= 15 is 0 Å². The van der Waals surface area contributed by atoms with E-state index in [0.29, 0.717) is 13.0 Å². The van der Waals surface area contributed by atoms with E-state index in [1.165, 1.54) is 22.2 Å². The second-order valence-corrected chi connectivity index (χ2v) is 8.12. The maximum absolute atomic E-state index is 13.0. The average molecular weight is 376 g/mol. The lowest BCUT2D eigenvalue weighted by Crippen LogP contribution is -2.26. The molecule has 4 heteroatoms. The van der Waals surface area contributed by atoms with E-state index in [1.807, 2.05) is 11.0 Å². The van der Waals surface area contributed by atoms with Crippen LogP contribution in [0.25, 0.3) is 11.0 Å².